The molecule has 1 fully saturated rings. The normalized spacial score (nSPS) is 22.0. The van der Waals surface area contributed by atoms with Gasteiger partial charge in [-0.15, -0.1) is 0 Å². The second-order valence-electron chi connectivity index (χ2n) is 11.7. The maximum atomic E-state index is 12.9. The number of methoxy groups -OCH3 is 1. The molecule has 0 amide bonds. The molecule has 4 rings (SSSR count). The molecule has 2 unspecified atom stereocenters. The van der Waals surface area contributed by atoms with Crippen LogP contribution in [0.25, 0.3) is 5.57 Å². The van der Waals surface area contributed by atoms with Gasteiger partial charge in [0.15, 0.2) is 5.78 Å². The zero-order chi connectivity index (χ0) is 26.9. The molecule has 202 valence electrons. The molecule has 0 bridgehead atoms. The topological polar surface area (TPSA) is 82.1 Å². The maximum Gasteiger partial charge on any atom is 0.339 e. The molecule has 2 atom stereocenters. The van der Waals surface area contributed by atoms with Crippen LogP contribution < -0.4 is 9.47 Å². The number of aliphatic carboxylic acids is 1. The first-order chi connectivity index (χ1) is 17.6. The minimum Gasteiger partial charge on any atom is -0.493 e. The van der Waals surface area contributed by atoms with Gasteiger partial charge in [-0.3, -0.25) is 4.79 Å². The number of carbonyl (C=O) groups excluding carboxylic acids is 1. The van der Waals surface area contributed by atoms with E-state index in [9.17, 15) is 14.7 Å². The number of ketones is 1. The van der Waals surface area contributed by atoms with Gasteiger partial charge < -0.3 is 19.3 Å². The molecule has 3 aliphatic rings. The molecule has 0 saturated heterocycles. The van der Waals surface area contributed by atoms with Gasteiger partial charge in [0.1, 0.15) is 23.2 Å². The lowest BCUT2D eigenvalue weighted by atomic mass is 9.73. The fraction of sp³-hybridized carbons (Fsp3) is 0.613. The van der Waals surface area contributed by atoms with Crippen LogP contribution in [-0.4, -0.2) is 43.3 Å². The van der Waals surface area contributed by atoms with Crippen molar-refractivity contribution >= 4 is 17.3 Å². The summed E-state index contributed by atoms with van der Waals surface area (Å²) in [6.45, 7) is 12.0. The number of rotatable bonds is 10. The quantitative estimate of drug-likeness (QED) is 0.291. The molecule has 0 spiro atoms. The molecule has 6 heteroatoms. The van der Waals surface area contributed by atoms with Crippen molar-refractivity contribution in [1.82, 2.24) is 0 Å². The molecule has 37 heavy (non-hydrogen) atoms. The van der Waals surface area contributed by atoms with E-state index >= 15 is 0 Å². The molecule has 1 aromatic carbocycles. The Morgan fingerprint density at radius 1 is 1.19 bits per heavy atom. The van der Waals surface area contributed by atoms with Gasteiger partial charge in [0.05, 0.1) is 6.61 Å². The van der Waals surface area contributed by atoms with Gasteiger partial charge in [-0.05, 0) is 72.1 Å². The van der Waals surface area contributed by atoms with Crippen molar-refractivity contribution in [2.75, 3.05) is 20.3 Å². The van der Waals surface area contributed by atoms with Crippen molar-refractivity contribution in [3.8, 4) is 11.5 Å². The lowest BCUT2D eigenvalue weighted by molar-refractivity contribution is -0.134. The summed E-state index contributed by atoms with van der Waals surface area (Å²) in [6, 6.07) is 4.27. The summed E-state index contributed by atoms with van der Waals surface area (Å²) in [5.41, 5.74) is 3.92. The highest BCUT2D eigenvalue weighted by Crippen LogP contribution is 2.54. The number of carbonyl (C=O) groups is 2. The monoisotopic (exact) mass is 510 g/mol. The van der Waals surface area contributed by atoms with Crippen LogP contribution in [-0.2, 0) is 19.7 Å². The maximum absolute atomic E-state index is 12.9. The first kappa shape index (κ1) is 27.4. The Morgan fingerprint density at radius 2 is 1.92 bits per heavy atom. The first-order valence-electron chi connectivity index (χ1n) is 13.8. The number of hydrogen-bond donors (Lipinski definition) is 1. The lowest BCUT2D eigenvalue weighted by Crippen LogP contribution is -2.33. The predicted octanol–water partition coefficient (Wildman–Crippen LogP) is 6.36. The molecule has 1 saturated carbocycles. The van der Waals surface area contributed by atoms with E-state index in [0.717, 1.165) is 53.9 Å². The third-order valence-electron chi connectivity index (χ3n) is 8.29. The number of carboxylic acids is 1. The van der Waals surface area contributed by atoms with E-state index in [-0.39, 0.29) is 41.1 Å². The van der Waals surface area contributed by atoms with Crippen molar-refractivity contribution in [3.63, 3.8) is 0 Å². The predicted molar refractivity (Wildman–Crippen MR) is 144 cm³/mol. The highest BCUT2D eigenvalue weighted by atomic mass is 16.5. The molecule has 2 aliphatic carbocycles. The summed E-state index contributed by atoms with van der Waals surface area (Å²) >= 11 is 0. The van der Waals surface area contributed by atoms with E-state index in [1.807, 2.05) is 6.07 Å². The summed E-state index contributed by atoms with van der Waals surface area (Å²) < 4.78 is 18.1. The Balaban J connectivity index is 1.95. The number of carboxylic acid groups (broad SMARTS) is 1. The Labute approximate surface area is 221 Å². The zero-order valence-electron chi connectivity index (χ0n) is 23.2. The average molecular weight is 511 g/mol. The summed E-state index contributed by atoms with van der Waals surface area (Å²) in [6.07, 6.45) is 6.22. The third kappa shape index (κ3) is 5.64. The van der Waals surface area contributed by atoms with Crippen LogP contribution in [0.1, 0.15) is 84.3 Å². The number of Topliss-reactive ketones (excluding diaryl/α,β-unsaturated/α-hetero) is 1. The highest BCUT2D eigenvalue weighted by molar-refractivity contribution is 6.17. The highest BCUT2D eigenvalue weighted by Gasteiger charge is 2.42. The fourth-order valence-electron chi connectivity index (χ4n) is 5.62. The molecule has 1 aromatic rings. The van der Waals surface area contributed by atoms with Gasteiger partial charge >= 0.3 is 5.97 Å². The van der Waals surface area contributed by atoms with E-state index in [1.165, 1.54) is 5.57 Å². The van der Waals surface area contributed by atoms with Gasteiger partial charge in [-0.1, -0.05) is 34.6 Å². The van der Waals surface area contributed by atoms with Crippen LogP contribution in [0, 0.1) is 17.8 Å². The summed E-state index contributed by atoms with van der Waals surface area (Å²) in [5, 5.41) is 9.89. The van der Waals surface area contributed by atoms with Crippen LogP contribution >= 0.6 is 0 Å². The van der Waals surface area contributed by atoms with Gasteiger partial charge in [-0.2, -0.15) is 0 Å². The van der Waals surface area contributed by atoms with E-state index in [1.54, 1.807) is 13.2 Å². The molecule has 6 nitrogen and oxygen atoms in total. The van der Waals surface area contributed by atoms with E-state index < -0.39 is 5.97 Å². The van der Waals surface area contributed by atoms with Gasteiger partial charge in [0, 0.05) is 43.8 Å². The molecular weight excluding hydrogens is 468 g/mol. The number of hydrogen-bond acceptors (Lipinski definition) is 5. The van der Waals surface area contributed by atoms with Gasteiger partial charge in [0.2, 0.25) is 0 Å². The fourth-order valence-corrected chi connectivity index (χ4v) is 5.62. The van der Waals surface area contributed by atoms with E-state index in [2.05, 4.69) is 40.7 Å². The largest absolute Gasteiger partial charge is 0.493 e. The average Bonchev–Trinajstić information content (AvgIpc) is 3.68. The summed E-state index contributed by atoms with van der Waals surface area (Å²) in [7, 11) is 1.69. The number of benzene rings is 1. The molecule has 0 radical (unpaired) electrons. The number of ether oxygens (including phenoxy) is 3. The van der Waals surface area contributed by atoms with Crippen molar-refractivity contribution in [3.05, 3.63) is 40.5 Å². The summed E-state index contributed by atoms with van der Waals surface area (Å²) in [4.78, 5) is 25.0. The first-order valence-corrected chi connectivity index (χ1v) is 13.8. The molecule has 1 heterocycles. The Hall–Kier alpha value is -2.60. The Kier molecular flexibility index (Phi) is 8.17. The third-order valence-corrected chi connectivity index (χ3v) is 8.29. The molecular formula is C31H42O6. The van der Waals surface area contributed by atoms with Crippen molar-refractivity contribution in [2.45, 2.75) is 84.7 Å². The molecule has 1 aliphatic heterocycles. The van der Waals surface area contributed by atoms with Crippen molar-refractivity contribution in [1.29, 1.82) is 0 Å². The van der Waals surface area contributed by atoms with Crippen LogP contribution in [0.4, 0.5) is 0 Å². The van der Waals surface area contributed by atoms with Crippen molar-refractivity contribution < 1.29 is 28.9 Å². The van der Waals surface area contributed by atoms with Crippen LogP contribution in [0.15, 0.2) is 29.4 Å². The van der Waals surface area contributed by atoms with Gasteiger partial charge in [-0.25, -0.2) is 4.79 Å². The standard InChI is InChI=1S/C31H42O6/c1-7-31(4,5)24-16-22-26(17-27(24)36-14-8-13-35-6)37-29(18(2)3)23-15-21(30(33)34)25(32)12-11-20(28(22)23)19-9-10-19/h15-20,29H,7-14H2,1-6H3,(H,33,34). The smallest absolute Gasteiger partial charge is 0.339 e. The summed E-state index contributed by atoms with van der Waals surface area (Å²) in [5.74, 6) is 0.992. The SMILES string of the molecule is CCC(C)(C)c1cc2c(cc1OCCCOC)OC(C(C)C)C1=C2C(C2CC2)CCC(=O)C(C(=O)O)=C1. The number of allylic oxidation sites excluding steroid dienone is 1. The van der Waals surface area contributed by atoms with E-state index in [0.29, 0.717) is 25.6 Å². The van der Waals surface area contributed by atoms with E-state index in [4.69, 9.17) is 14.2 Å². The van der Waals surface area contributed by atoms with Crippen LogP contribution in [0.5, 0.6) is 11.5 Å². The minimum atomic E-state index is -1.16. The lowest BCUT2D eigenvalue weighted by Gasteiger charge is -2.38. The molecule has 1 N–H and O–H groups in total. The number of fused-ring (bicyclic) bond motifs is 2. The van der Waals surface area contributed by atoms with Crippen molar-refractivity contribution in [2.24, 2.45) is 17.8 Å². The zero-order valence-corrected chi connectivity index (χ0v) is 23.2. The molecule has 0 aromatic heterocycles. The van der Waals surface area contributed by atoms with Crippen LogP contribution in [0.2, 0.25) is 0 Å². The second-order valence-corrected chi connectivity index (χ2v) is 11.7. The van der Waals surface area contributed by atoms with Crippen LogP contribution in [0.3, 0.4) is 0 Å². The Bertz CT molecular complexity index is 1100. The van der Waals surface area contributed by atoms with Gasteiger partial charge in [0.25, 0.3) is 0 Å². The minimum absolute atomic E-state index is 0.0941. The Morgan fingerprint density at radius 3 is 2.51 bits per heavy atom. The second kappa shape index (κ2) is 11.0.